The van der Waals surface area contributed by atoms with Gasteiger partial charge in [-0.1, -0.05) is 28.1 Å². The van der Waals surface area contributed by atoms with Crippen molar-refractivity contribution in [3.8, 4) is 0 Å². The summed E-state index contributed by atoms with van der Waals surface area (Å²) < 4.78 is 2.20. The minimum Gasteiger partial charge on any atom is -0.350 e. The number of fused-ring (bicyclic) bond motifs is 1. The zero-order chi connectivity index (χ0) is 21.0. The molecule has 2 N–H and O–H groups in total. The number of nitrogens with zero attached hydrogens (tertiary/aromatic N) is 2. The third-order valence-corrected chi connectivity index (χ3v) is 4.72. The normalized spacial score (nSPS) is 10.9. The van der Waals surface area contributed by atoms with E-state index >= 15 is 0 Å². The number of amides is 2. The van der Waals surface area contributed by atoms with Crippen LogP contribution in [-0.4, -0.2) is 27.4 Å². The predicted molar refractivity (Wildman–Crippen MR) is 116 cm³/mol. The lowest BCUT2D eigenvalue weighted by Gasteiger charge is -2.13. The monoisotopic (exact) mass is 456 g/mol. The van der Waals surface area contributed by atoms with Crippen LogP contribution in [0.5, 0.6) is 0 Å². The van der Waals surface area contributed by atoms with E-state index in [1.165, 1.54) is 10.9 Å². The first-order valence-electron chi connectivity index (χ1n) is 9.19. The molecule has 3 aromatic rings. The van der Waals surface area contributed by atoms with E-state index in [1.54, 1.807) is 36.4 Å². The number of carbonyl (C=O) groups is 2. The van der Waals surface area contributed by atoms with E-state index in [0.717, 1.165) is 4.47 Å². The number of carbonyl (C=O) groups excluding carboxylic acids is 2. The molecule has 0 aliphatic rings. The molecule has 2 aromatic carbocycles. The van der Waals surface area contributed by atoms with Gasteiger partial charge in [0.25, 0.3) is 11.5 Å². The Labute approximate surface area is 176 Å². The first-order chi connectivity index (χ1) is 13.8. The molecule has 1 aromatic heterocycles. The number of anilines is 1. The van der Waals surface area contributed by atoms with Crippen molar-refractivity contribution in [2.75, 3.05) is 5.32 Å². The first-order valence-corrected chi connectivity index (χ1v) is 9.99. The standard InChI is InChI=1S/C21H21BrN4O3/c1-13(2)24-20(28)15-5-3-4-6-18(15)25-19(27)9-10-26-12-23-17-8-7-14(22)11-16(17)21(26)29/h3-8,11-13H,9-10H2,1-2H3,(H,24,28)(H,25,27). The van der Waals surface area contributed by atoms with Crippen molar-refractivity contribution < 1.29 is 9.59 Å². The topological polar surface area (TPSA) is 93.1 Å². The van der Waals surface area contributed by atoms with Gasteiger partial charge < -0.3 is 10.6 Å². The lowest BCUT2D eigenvalue weighted by molar-refractivity contribution is -0.116. The third-order valence-electron chi connectivity index (χ3n) is 4.23. The number of halogens is 1. The summed E-state index contributed by atoms with van der Waals surface area (Å²) >= 11 is 3.35. The van der Waals surface area contributed by atoms with E-state index in [2.05, 4.69) is 31.5 Å². The van der Waals surface area contributed by atoms with Crippen LogP contribution < -0.4 is 16.2 Å². The van der Waals surface area contributed by atoms with Crippen LogP contribution in [0.25, 0.3) is 10.9 Å². The smallest absolute Gasteiger partial charge is 0.261 e. The Hall–Kier alpha value is -3.00. The van der Waals surface area contributed by atoms with Crippen molar-refractivity contribution in [3.05, 3.63) is 69.2 Å². The summed E-state index contributed by atoms with van der Waals surface area (Å²) in [5, 5.41) is 6.05. The van der Waals surface area contributed by atoms with Gasteiger partial charge in [0.1, 0.15) is 0 Å². The Morgan fingerprint density at radius 2 is 1.93 bits per heavy atom. The van der Waals surface area contributed by atoms with Gasteiger partial charge in [0.2, 0.25) is 5.91 Å². The van der Waals surface area contributed by atoms with Crippen LogP contribution in [0.3, 0.4) is 0 Å². The molecule has 150 valence electrons. The minimum atomic E-state index is -0.295. The Balaban J connectivity index is 1.71. The van der Waals surface area contributed by atoms with Crippen molar-refractivity contribution in [2.24, 2.45) is 0 Å². The number of hydrogen-bond donors (Lipinski definition) is 2. The molecule has 3 rings (SSSR count). The average Bonchev–Trinajstić information content (AvgIpc) is 2.68. The second-order valence-corrected chi connectivity index (χ2v) is 7.79. The number of aryl methyl sites for hydroxylation is 1. The molecule has 0 unspecified atom stereocenters. The van der Waals surface area contributed by atoms with Crippen LogP contribution in [-0.2, 0) is 11.3 Å². The average molecular weight is 457 g/mol. The Morgan fingerprint density at radius 1 is 1.17 bits per heavy atom. The highest BCUT2D eigenvalue weighted by atomic mass is 79.9. The SMILES string of the molecule is CC(C)NC(=O)c1ccccc1NC(=O)CCn1cnc2ccc(Br)cc2c1=O. The Morgan fingerprint density at radius 3 is 2.69 bits per heavy atom. The molecule has 0 aliphatic carbocycles. The van der Waals surface area contributed by atoms with Crippen LogP contribution in [0.2, 0.25) is 0 Å². The highest BCUT2D eigenvalue weighted by molar-refractivity contribution is 9.10. The van der Waals surface area contributed by atoms with Gasteiger partial charge in [-0.2, -0.15) is 0 Å². The maximum absolute atomic E-state index is 12.6. The second-order valence-electron chi connectivity index (χ2n) is 6.88. The number of aromatic nitrogens is 2. The van der Waals surface area contributed by atoms with Crippen molar-refractivity contribution in [2.45, 2.75) is 32.9 Å². The van der Waals surface area contributed by atoms with E-state index in [1.807, 2.05) is 19.9 Å². The lowest BCUT2D eigenvalue weighted by atomic mass is 10.1. The molecule has 2 amide bonds. The largest absolute Gasteiger partial charge is 0.350 e. The Bertz CT molecular complexity index is 1120. The maximum Gasteiger partial charge on any atom is 0.261 e. The summed E-state index contributed by atoms with van der Waals surface area (Å²) in [5.41, 5.74) is 1.22. The molecule has 0 bridgehead atoms. The van der Waals surface area contributed by atoms with E-state index in [9.17, 15) is 14.4 Å². The minimum absolute atomic E-state index is 0.0152. The zero-order valence-corrected chi connectivity index (χ0v) is 17.7. The first kappa shape index (κ1) is 20.7. The van der Waals surface area contributed by atoms with Crippen LogP contribution in [0, 0.1) is 0 Å². The molecule has 7 nitrogen and oxygen atoms in total. The molecule has 0 saturated carbocycles. The summed E-state index contributed by atoms with van der Waals surface area (Å²) in [6.07, 6.45) is 1.51. The number of para-hydroxylation sites is 1. The molecular weight excluding hydrogens is 436 g/mol. The molecule has 0 fully saturated rings. The molecule has 0 aliphatic heterocycles. The number of benzene rings is 2. The van der Waals surface area contributed by atoms with Crippen LogP contribution in [0.15, 0.2) is 58.1 Å². The second kappa shape index (κ2) is 9.00. The number of rotatable bonds is 6. The van der Waals surface area contributed by atoms with Gasteiger partial charge in [-0.05, 0) is 44.2 Å². The molecule has 0 atom stereocenters. The summed E-state index contributed by atoms with van der Waals surface area (Å²) in [6.45, 7) is 3.92. The van der Waals surface area contributed by atoms with Gasteiger partial charge in [0.15, 0.2) is 0 Å². The van der Waals surface area contributed by atoms with E-state index < -0.39 is 0 Å². The molecular formula is C21H21BrN4O3. The highest BCUT2D eigenvalue weighted by Crippen LogP contribution is 2.16. The molecule has 0 spiro atoms. The van der Waals surface area contributed by atoms with Crippen molar-refractivity contribution in [3.63, 3.8) is 0 Å². The van der Waals surface area contributed by atoms with Gasteiger partial charge in [0.05, 0.1) is 28.5 Å². The van der Waals surface area contributed by atoms with Gasteiger partial charge in [-0.25, -0.2) is 4.98 Å². The van der Waals surface area contributed by atoms with Gasteiger partial charge in [0, 0.05) is 23.5 Å². The highest BCUT2D eigenvalue weighted by Gasteiger charge is 2.14. The Kier molecular flexibility index (Phi) is 6.43. The molecule has 1 heterocycles. The number of nitrogens with one attached hydrogen (secondary N) is 2. The quantitative estimate of drug-likeness (QED) is 0.594. The molecule has 29 heavy (non-hydrogen) atoms. The summed E-state index contributed by atoms with van der Waals surface area (Å²) in [7, 11) is 0. The zero-order valence-electron chi connectivity index (χ0n) is 16.1. The van der Waals surface area contributed by atoms with Crippen molar-refractivity contribution in [1.29, 1.82) is 0 Å². The van der Waals surface area contributed by atoms with Crippen LogP contribution >= 0.6 is 15.9 Å². The fourth-order valence-electron chi connectivity index (χ4n) is 2.86. The lowest BCUT2D eigenvalue weighted by Crippen LogP contribution is -2.31. The van der Waals surface area contributed by atoms with Gasteiger partial charge >= 0.3 is 0 Å². The fourth-order valence-corrected chi connectivity index (χ4v) is 3.22. The van der Waals surface area contributed by atoms with E-state index in [-0.39, 0.29) is 36.4 Å². The molecule has 0 radical (unpaired) electrons. The van der Waals surface area contributed by atoms with E-state index in [4.69, 9.17) is 0 Å². The summed E-state index contributed by atoms with van der Waals surface area (Å²) in [5.74, 6) is -0.549. The van der Waals surface area contributed by atoms with Gasteiger partial charge in [-0.15, -0.1) is 0 Å². The molecule has 8 heteroatoms. The maximum atomic E-state index is 12.6. The fraction of sp³-hybridized carbons (Fsp3) is 0.238. The third kappa shape index (κ3) is 5.08. The summed E-state index contributed by atoms with van der Waals surface area (Å²) in [6, 6.07) is 12.1. The van der Waals surface area contributed by atoms with Crippen molar-refractivity contribution in [1.82, 2.24) is 14.9 Å². The van der Waals surface area contributed by atoms with Crippen LogP contribution in [0.1, 0.15) is 30.6 Å². The summed E-state index contributed by atoms with van der Waals surface area (Å²) in [4.78, 5) is 41.6. The van der Waals surface area contributed by atoms with Gasteiger partial charge in [-0.3, -0.25) is 19.0 Å². The van der Waals surface area contributed by atoms with E-state index in [0.29, 0.717) is 22.2 Å². The van der Waals surface area contributed by atoms with Crippen molar-refractivity contribution >= 4 is 44.3 Å². The number of hydrogen-bond acceptors (Lipinski definition) is 4. The molecule has 0 saturated heterocycles. The predicted octanol–water partition coefficient (Wildman–Crippen LogP) is 3.33. The van der Waals surface area contributed by atoms with Crippen LogP contribution in [0.4, 0.5) is 5.69 Å².